The van der Waals surface area contributed by atoms with Gasteiger partial charge in [0, 0.05) is 19.0 Å². The van der Waals surface area contributed by atoms with E-state index in [0.29, 0.717) is 0 Å². The maximum atomic E-state index is 12.6. The van der Waals surface area contributed by atoms with Gasteiger partial charge in [0.05, 0.1) is 0 Å². The first-order valence-corrected chi connectivity index (χ1v) is 9.84. The molecule has 0 unspecified atom stereocenters. The van der Waals surface area contributed by atoms with E-state index in [1.54, 1.807) is 0 Å². The third-order valence-corrected chi connectivity index (χ3v) is 4.90. The Morgan fingerprint density at radius 3 is 2.23 bits per heavy atom. The maximum Gasteiger partial charge on any atom is 0.410 e. The molecule has 0 aromatic heterocycles. The summed E-state index contributed by atoms with van der Waals surface area (Å²) in [6, 6.07) is 15.9. The molecule has 2 N–H and O–H groups in total. The molecule has 0 atom stereocenters. The molecule has 0 saturated carbocycles. The van der Waals surface area contributed by atoms with E-state index in [1.807, 2.05) is 48.5 Å². The number of aliphatic carboxylic acids is 1. The summed E-state index contributed by atoms with van der Waals surface area (Å²) in [5, 5.41) is 11.6. The highest BCUT2D eigenvalue weighted by Gasteiger charge is 2.30. The van der Waals surface area contributed by atoms with Crippen molar-refractivity contribution in [2.45, 2.75) is 5.92 Å². The van der Waals surface area contributed by atoms with E-state index in [4.69, 9.17) is 14.6 Å². The van der Waals surface area contributed by atoms with Gasteiger partial charge in [0.2, 0.25) is 0 Å². The first kappa shape index (κ1) is 21.9. The SMILES string of the molecule is C=CCOC(=O)NCCN(CC(=O)O)C(=O)OCC1c2ccccc2-c2ccccc21. The molecule has 162 valence electrons. The monoisotopic (exact) mass is 424 g/mol. The molecular formula is C23H24N2O6. The van der Waals surface area contributed by atoms with Crippen molar-refractivity contribution in [3.05, 3.63) is 72.3 Å². The van der Waals surface area contributed by atoms with Crippen LogP contribution in [0, 0.1) is 0 Å². The van der Waals surface area contributed by atoms with E-state index < -0.39 is 24.7 Å². The van der Waals surface area contributed by atoms with E-state index in [-0.39, 0.29) is 32.2 Å². The molecule has 0 aliphatic heterocycles. The normalized spacial score (nSPS) is 11.7. The average Bonchev–Trinajstić information content (AvgIpc) is 3.09. The molecule has 1 aliphatic carbocycles. The molecular weight excluding hydrogens is 400 g/mol. The van der Waals surface area contributed by atoms with Gasteiger partial charge >= 0.3 is 18.2 Å². The van der Waals surface area contributed by atoms with Gasteiger partial charge in [0.25, 0.3) is 0 Å². The number of alkyl carbamates (subject to hydrolysis) is 1. The topological polar surface area (TPSA) is 105 Å². The Kier molecular flexibility index (Phi) is 7.26. The summed E-state index contributed by atoms with van der Waals surface area (Å²) < 4.78 is 10.3. The standard InChI is InChI=1S/C23H24N2O6/c1-2-13-30-22(28)24-11-12-25(14-21(26)27)23(29)31-15-20-18-9-5-3-7-16(18)17-8-4-6-10-19(17)20/h2-10,20H,1,11-15H2,(H,24,28)(H,26,27). The summed E-state index contributed by atoms with van der Waals surface area (Å²) in [5.41, 5.74) is 4.33. The molecule has 0 fully saturated rings. The number of carbonyl (C=O) groups excluding carboxylic acids is 2. The lowest BCUT2D eigenvalue weighted by Gasteiger charge is -2.22. The molecule has 0 radical (unpaired) electrons. The Labute approximate surface area is 180 Å². The summed E-state index contributed by atoms with van der Waals surface area (Å²) in [6.45, 7) is 3.02. The molecule has 31 heavy (non-hydrogen) atoms. The second-order valence-electron chi connectivity index (χ2n) is 6.93. The fourth-order valence-electron chi connectivity index (χ4n) is 3.56. The Hall–Kier alpha value is -3.81. The summed E-state index contributed by atoms with van der Waals surface area (Å²) in [5.74, 6) is -1.31. The van der Waals surface area contributed by atoms with E-state index in [1.165, 1.54) is 6.08 Å². The minimum Gasteiger partial charge on any atom is -0.480 e. The van der Waals surface area contributed by atoms with E-state index in [0.717, 1.165) is 27.2 Å². The van der Waals surface area contributed by atoms with E-state index in [9.17, 15) is 14.4 Å². The number of nitrogens with one attached hydrogen (secondary N) is 1. The highest BCUT2D eigenvalue weighted by atomic mass is 16.6. The second-order valence-corrected chi connectivity index (χ2v) is 6.93. The van der Waals surface area contributed by atoms with Gasteiger partial charge in [-0.2, -0.15) is 0 Å². The second kappa shape index (κ2) is 10.3. The highest BCUT2D eigenvalue weighted by molar-refractivity contribution is 5.79. The van der Waals surface area contributed by atoms with Crippen molar-refractivity contribution in [3.63, 3.8) is 0 Å². The molecule has 8 nitrogen and oxygen atoms in total. The van der Waals surface area contributed by atoms with Crippen LogP contribution < -0.4 is 5.32 Å². The van der Waals surface area contributed by atoms with Crippen LogP contribution in [0.3, 0.4) is 0 Å². The smallest absolute Gasteiger partial charge is 0.410 e. The number of hydrogen-bond acceptors (Lipinski definition) is 5. The van der Waals surface area contributed by atoms with Crippen LogP contribution in [0.4, 0.5) is 9.59 Å². The van der Waals surface area contributed by atoms with Crippen LogP contribution in [0.15, 0.2) is 61.2 Å². The highest BCUT2D eigenvalue weighted by Crippen LogP contribution is 2.44. The molecule has 2 amide bonds. The molecule has 2 aromatic rings. The van der Waals surface area contributed by atoms with Gasteiger partial charge in [-0.15, -0.1) is 0 Å². The summed E-state index contributed by atoms with van der Waals surface area (Å²) in [6.07, 6.45) is -0.0132. The lowest BCUT2D eigenvalue weighted by molar-refractivity contribution is -0.138. The van der Waals surface area contributed by atoms with Crippen LogP contribution in [-0.2, 0) is 14.3 Å². The number of carboxylic acid groups (broad SMARTS) is 1. The number of ether oxygens (including phenoxy) is 2. The quantitative estimate of drug-likeness (QED) is 0.599. The number of rotatable bonds is 9. The van der Waals surface area contributed by atoms with Gasteiger partial charge in [0.1, 0.15) is 19.8 Å². The number of nitrogens with zero attached hydrogens (tertiary/aromatic N) is 1. The third-order valence-electron chi connectivity index (χ3n) is 4.90. The number of amides is 2. The minimum absolute atomic E-state index is 0.0213. The lowest BCUT2D eigenvalue weighted by Crippen LogP contribution is -2.42. The third kappa shape index (κ3) is 5.42. The van der Waals surface area contributed by atoms with Crippen molar-refractivity contribution in [2.24, 2.45) is 0 Å². The molecule has 0 bridgehead atoms. The van der Waals surface area contributed by atoms with E-state index in [2.05, 4.69) is 11.9 Å². The van der Waals surface area contributed by atoms with Crippen LogP contribution in [0.25, 0.3) is 11.1 Å². The first-order valence-electron chi connectivity index (χ1n) is 9.84. The number of benzene rings is 2. The molecule has 3 rings (SSSR count). The van der Waals surface area contributed by atoms with Gasteiger partial charge in [-0.05, 0) is 22.3 Å². The van der Waals surface area contributed by atoms with Gasteiger partial charge in [0.15, 0.2) is 0 Å². The zero-order chi connectivity index (χ0) is 22.2. The predicted octanol–water partition coefficient (Wildman–Crippen LogP) is 3.23. The Morgan fingerprint density at radius 1 is 1.03 bits per heavy atom. The zero-order valence-electron chi connectivity index (χ0n) is 17.0. The fraction of sp³-hybridized carbons (Fsp3) is 0.261. The number of carbonyl (C=O) groups is 3. The van der Waals surface area contributed by atoms with Crippen LogP contribution in [0.2, 0.25) is 0 Å². The van der Waals surface area contributed by atoms with Crippen LogP contribution in [-0.4, -0.2) is 61.0 Å². The fourth-order valence-corrected chi connectivity index (χ4v) is 3.56. The van der Waals surface area contributed by atoms with Gasteiger partial charge in [-0.25, -0.2) is 9.59 Å². The number of carboxylic acids is 1. The number of hydrogen-bond donors (Lipinski definition) is 2. The summed E-state index contributed by atoms with van der Waals surface area (Å²) >= 11 is 0. The van der Waals surface area contributed by atoms with Crippen LogP contribution >= 0.6 is 0 Å². The van der Waals surface area contributed by atoms with Crippen molar-refractivity contribution in [2.75, 3.05) is 32.8 Å². The predicted molar refractivity (Wildman–Crippen MR) is 114 cm³/mol. The summed E-state index contributed by atoms with van der Waals surface area (Å²) in [4.78, 5) is 36.3. The van der Waals surface area contributed by atoms with Gasteiger partial charge in [-0.3, -0.25) is 9.69 Å². The molecule has 1 aliphatic rings. The van der Waals surface area contributed by atoms with Crippen LogP contribution in [0.1, 0.15) is 17.0 Å². The minimum atomic E-state index is -1.18. The molecule has 0 saturated heterocycles. The Bertz CT molecular complexity index is 929. The molecule has 2 aromatic carbocycles. The number of fused-ring (bicyclic) bond motifs is 3. The average molecular weight is 424 g/mol. The molecule has 8 heteroatoms. The van der Waals surface area contributed by atoms with Gasteiger partial charge in [-0.1, -0.05) is 61.2 Å². The maximum absolute atomic E-state index is 12.6. The Morgan fingerprint density at radius 2 is 1.65 bits per heavy atom. The van der Waals surface area contributed by atoms with Crippen molar-refractivity contribution >= 4 is 18.2 Å². The van der Waals surface area contributed by atoms with Crippen molar-refractivity contribution in [1.82, 2.24) is 10.2 Å². The lowest BCUT2D eigenvalue weighted by atomic mass is 9.98. The van der Waals surface area contributed by atoms with Crippen molar-refractivity contribution < 1.29 is 29.0 Å². The van der Waals surface area contributed by atoms with E-state index >= 15 is 0 Å². The van der Waals surface area contributed by atoms with Crippen molar-refractivity contribution in [1.29, 1.82) is 0 Å². The summed E-state index contributed by atoms with van der Waals surface area (Å²) in [7, 11) is 0. The van der Waals surface area contributed by atoms with Crippen LogP contribution in [0.5, 0.6) is 0 Å². The zero-order valence-corrected chi connectivity index (χ0v) is 17.0. The van der Waals surface area contributed by atoms with Gasteiger partial charge < -0.3 is 19.9 Å². The molecule has 0 spiro atoms. The largest absolute Gasteiger partial charge is 0.480 e. The Balaban J connectivity index is 1.62. The molecule has 0 heterocycles. The first-order chi connectivity index (χ1) is 15.0. The van der Waals surface area contributed by atoms with Crippen molar-refractivity contribution in [3.8, 4) is 11.1 Å².